The van der Waals surface area contributed by atoms with E-state index >= 15 is 0 Å². The number of methoxy groups -OCH3 is 1. The molecular weight excluding hydrogens is 358 g/mol. The molecule has 0 radical (unpaired) electrons. The Morgan fingerprint density at radius 2 is 1.62 bits per heavy atom. The van der Waals surface area contributed by atoms with Crippen molar-refractivity contribution in [3.63, 3.8) is 0 Å². The Balaban J connectivity index is 2.08. The van der Waals surface area contributed by atoms with E-state index in [1.54, 1.807) is 0 Å². The van der Waals surface area contributed by atoms with Gasteiger partial charge in [0.05, 0.1) is 12.7 Å². The van der Waals surface area contributed by atoms with E-state index in [9.17, 15) is 22.4 Å². The third-order valence-corrected chi connectivity index (χ3v) is 3.24. The molecule has 0 aromatic heterocycles. The summed E-state index contributed by atoms with van der Waals surface area (Å²) in [4.78, 5) is 12.2. The lowest BCUT2D eigenvalue weighted by molar-refractivity contribution is -0.0515. The fourth-order valence-corrected chi connectivity index (χ4v) is 2.15. The second-order valence-corrected chi connectivity index (χ2v) is 4.92. The third-order valence-electron chi connectivity index (χ3n) is 3.24. The highest BCUT2D eigenvalue weighted by atomic mass is 19.3. The number of rotatable bonds is 8. The highest BCUT2D eigenvalue weighted by Crippen LogP contribution is 2.29. The summed E-state index contributed by atoms with van der Waals surface area (Å²) in [6, 6.07) is 9.71. The molecule has 0 unspecified atom stereocenters. The summed E-state index contributed by atoms with van der Waals surface area (Å²) in [7, 11) is 1.29. The van der Waals surface area contributed by atoms with Crippen LogP contribution in [-0.4, -0.2) is 26.2 Å². The van der Waals surface area contributed by atoms with Crippen LogP contribution in [0, 0.1) is 0 Å². The van der Waals surface area contributed by atoms with Gasteiger partial charge in [0.1, 0.15) is 5.75 Å². The summed E-state index contributed by atoms with van der Waals surface area (Å²) in [5, 5.41) is 2.53. The quantitative estimate of drug-likeness (QED) is 0.715. The minimum atomic E-state index is -3.06. The van der Waals surface area contributed by atoms with E-state index < -0.39 is 19.1 Å². The predicted octanol–water partition coefficient (Wildman–Crippen LogP) is 3.83. The van der Waals surface area contributed by atoms with Crippen molar-refractivity contribution in [3.8, 4) is 17.2 Å². The number of benzene rings is 2. The van der Waals surface area contributed by atoms with Crippen molar-refractivity contribution in [2.24, 2.45) is 0 Å². The molecule has 0 spiro atoms. The molecule has 0 saturated carbocycles. The van der Waals surface area contributed by atoms with E-state index in [0.717, 1.165) is 0 Å². The van der Waals surface area contributed by atoms with Crippen molar-refractivity contribution in [2.45, 2.75) is 19.8 Å². The first kappa shape index (κ1) is 19.4. The molecule has 2 aromatic rings. The SMILES string of the molecule is COc1cc(CNC(=O)c2ccccc2OC(F)F)ccc1OC(F)F. The number of hydrogen-bond acceptors (Lipinski definition) is 4. The lowest BCUT2D eigenvalue weighted by Crippen LogP contribution is -2.23. The molecule has 0 bridgehead atoms. The molecule has 9 heteroatoms. The van der Waals surface area contributed by atoms with Gasteiger partial charge in [-0.3, -0.25) is 4.79 Å². The smallest absolute Gasteiger partial charge is 0.387 e. The molecular formula is C17H15F4NO4. The third kappa shape index (κ3) is 5.27. The van der Waals surface area contributed by atoms with Gasteiger partial charge in [-0.15, -0.1) is 0 Å². The van der Waals surface area contributed by atoms with E-state index in [-0.39, 0.29) is 29.4 Å². The molecule has 26 heavy (non-hydrogen) atoms. The van der Waals surface area contributed by atoms with E-state index in [0.29, 0.717) is 5.56 Å². The lowest BCUT2D eigenvalue weighted by atomic mass is 10.1. The topological polar surface area (TPSA) is 56.8 Å². The van der Waals surface area contributed by atoms with Crippen LogP contribution in [0.4, 0.5) is 17.6 Å². The fourth-order valence-electron chi connectivity index (χ4n) is 2.15. The van der Waals surface area contributed by atoms with Crippen molar-refractivity contribution >= 4 is 5.91 Å². The molecule has 5 nitrogen and oxygen atoms in total. The van der Waals surface area contributed by atoms with Crippen LogP contribution in [0.5, 0.6) is 17.2 Å². The monoisotopic (exact) mass is 373 g/mol. The zero-order chi connectivity index (χ0) is 19.1. The molecule has 0 saturated heterocycles. The maximum absolute atomic E-state index is 12.4. The van der Waals surface area contributed by atoms with Crippen LogP contribution in [0.1, 0.15) is 15.9 Å². The van der Waals surface area contributed by atoms with E-state index in [4.69, 9.17) is 4.74 Å². The Morgan fingerprint density at radius 3 is 2.27 bits per heavy atom. The highest BCUT2D eigenvalue weighted by Gasteiger charge is 2.16. The van der Waals surface area contributed by atoms with Gasteiger partial charge in [0, 0.05) is 6.54 Å². The molecule has 0 fully saturated rings. The minimum absolute atomic E-state index is 0.00711. The first-order chi connectivity index (χ1) is 12.4. The molecule has 1 amide bonds. The van der Waals surface area contributed by atoms with Gasteiger partial charge < -0.3 is 19.5 Å². The Labute approximate surface area is 146 Å². The zero-order valence-corrected chi connectivity index (χ0v) is 13.5. The van der Waals surface area contributed by atoms with Crippen molar-refractivity contribution in [1.29, 1.82) is 0 Å². The average molecular weight is 373 g/mol. The molecule has 1 N–H and O–H groups in total. The standard InChI is InChI=1S/C17H15F4NO4/c1-24-14-8-10(6-7-13(14)26-17(20)21)9-22-15(23)11-4-2-3-5-12(11)25-16(18)19/h2-8,16-17H,9H2,1H3,(H,22,23). The summed E-state index contributed by atoms with van der Waals surface area (Å²) in [6.45, 7) is -6.05. The van der Waals surface area contributed by atoms with E-state index in [1.165, 1.54) is 49.6 Å². The summed E-state index contributed by atoms with van der Waals surface area (Å²) in [6.07, 6.45) is 0. The van der Waals surface area contributed by atoms with Crippen LogP contribution in [0.2, 0.25) is 0 Å². The number of carbonyl (C=O) groups excluding carboxylic acids is 1. The molecule has 0 atom stereocenters. The fraction of sp³-hybridized carbons (Fsp3) is 0.235. The predicted molar refractivity (Wildman–Crippen MR) is 83.9 cm³/mol. The molecule has 0 aliphatic heterocycles. The van der Waals surface area contributed by atoms with Gasteiger partial charge >= 0.3 is 13.2 Å². The summed E-state index contributed by atoms with van der Waals surface area (Å²) in [5.41, 5.74) is 0.474. The lowest BCUT2D eigenvalue weighted by Gasteiger charge is -2.13. The molecule has 0 aliphatic rings. The van der Waals surface area contributed by atoms with E-state index in [2.05, 4.69) is 14.8 Å². The number of ether oxygens (including phenoxy) is 3. The number of halogens is 4. The highest BCUT2D eigenvalue weighted by molar-refractivity contribution is 5.96. The van der Waals surface area contributed by atoms with Crippen LogP contribution in [0.3, 0.4) is 0 Å². The maximum Gasteiger partial charge on any atom is 0.387 e. The summed E-state index contributed by atoms with van der Waals surface area (Å²) < 4.78 is 63.0. The number of nitrogens with one attached hydrogen (secondary N) is 1. The summed E-state index contributed by atoms with van der Waals surface area (Å²) in [5.74, 6) is -0.960. The first-order valence-corrected chi connectivity index (χ1v) is 7.34. The number of alkyl halides is 4. The van der Waals surface area contributed by atoms with Gasteiger partial charge in [-0.05, 0) is 29.8 Å². The van der Waals surface area contributed by atoms with Crippen molar-refractivity contribution in [3.05, 3.63) is 53.6 Å². The Morgan fingerprint density at radius 1 is 0.962 bits per heavy atom. The second kappa shape index (κ2) is 8.93. The van der Waals surface area contributed by atoms with E-state index in [1.807, 2.05) is 0 Å². The van der Waals surface area contributed by atoms with Gasteiger partial charge in [-0.25, -0.2) is 0 Å². The van der Waals surface area contributed by atoms with Crippen molar-refractivity contribution in [1.82, 2.24) is 5.32 Å². The Kier molecular flexibility index (Phi) is 6.65. The largest absolute Gasteiger partial charge is 0.493 e. The van der Waals surface area contributed by atoms with Gasteiger partial charge in [0.2, 0.25) is 0 Å². The molecule has 2 aromatic carbocycles. The van der Waals surface area contributed by atoms with Crippen LogP contribution in [-0.2, 0) is 6.54 Å². The van der Waals surface area contributed by atoms with Gasteiger partial charge in [0.15, 0.2) is 11.5 Å². The first-order valence-electron chi connectivity index (χ1n) is 7.34. The molecule has 0 heterocycles. The average Bonchev–Trinajstić information content (AvgIpc) is 2.60. The summed E-state index contributed by atoms with van der Waals surface area (Å²) >= 11 is 0. The minimum Gasteiger partial charge on any atom is -0.493 e. The normalized spacial score (nSPS) is 10.7. The maximum atomic E-state index is 12.4. The van der Waals surface area contributed by atoms with Gasteiger partial charge in [-0.1, -0.05) is 18.2 Å². The van der Waals surface area contributed by atoms with Crippen LogP contribution in [0.15, 0.2) is 42.5 Å². The van der Waals surface area contributed by atoms with Crippen LogP contribution in [0.25, 0.3) is 0 Å². The van der Waals surface area contributed by atoms with Gasteiger partial charge in [0.25, 0.3) is 5.91 Å². The number of amides is 1. The van der Waals surface area contributed by atoms with Crippen LogP contribution >= 0.6 is 0 Å². The van der Waals surface area contributed by atoms with Crippen molar-refractivity contribution < 1.29 is 36.6 Å². The molecule has 2 rings (SSSR count). The van der Waals surface area contributed by atoms with Crippen LogP contribution < -0.4 is 19.5 Å². The number of hydrogen-bond donors (Lipinski definition) is 1. The van der Waals surface area contributed by atoms with Gasteiger partial charge in [-0.2, -0.15) is 17.6 Å². The zero-order valence-electron chi connectivity index (χ0n) is 13.5. The number of para-hydroxylation sites is 1. The molecule has 0 aliphatic carbocycles. The van der Waals surface area contributed by atoms with Crippen molar-refractivity contribution in [2.75, 3.05) is 7.11 Å². The Hall–Kier alpha value is -2.97. The Bertz CT molecular complexity index is 755. The molecule has 140 valence electrons. The number of carbonyl (C=O) groups is 1. The second-order valence-electron chi connectivity index (χ2n) is 4.92.